The molecule has 96 valence electrons. The molecule has 0 amide bonds. The molecule has 0 bridgehead atoms. The molecule has 2 N–H and O–H groups in total. The van der Waals surface area contributed by atoms with Crippen LogP contribution in [0.2, 0.25) is 0 Å². The van der Waals surface area contributed by atoms with Gasteiger partial charge < -0.3 is 5.73 Å². The fourth-order valence-corrected chi connectivity index (χ4v) is 1.70. The van der Waals surface area contributed by atoms with Crippen LogP contribution in [0.25, 0.3) is 0 Å². The van der Waals surface area contributed by atoms with Crippen LogP contribution in [-0.2, 0) is 11.2 Å². The summed E-state index contributed by atoms with van der Waals surface area (Å²) in [7, 11) is 0. The summed E-state index contributed by atoms with van der Waals surface area (Å²) < 4.78 is 1.77. The molecule has 0 saturated heterocycles. The van der Waals surface area contributed by atoms with E-state index in [1.165, 1.54) is 6.33 Å². The van der Waals surface area contributed by atoms with Crippen LogP contribution >= 0.6 is 0 Å². The molecule has 1 heterocycles. The lowest BCUT2D eigenvalue weighted by atomic mass is 10.0. The molecule has 1 unspecified atom stereocenters. The van der Waals surface area contributed by atoms with E-state index >= 15 is 0 Å². The predicted molar refractivity (Wildman–Crippen MR) is 66.6 cm³/mol. The molecule has 1 aromatic heterocycles. The number of ketones is 1. The molecule has 1 atom stereocenters. The number of hydrogen-bond donors (Lipinski definition) is 1. The van der Waals surface area contributed by atoms with Crippen LogP contribution in [0.3, 0.4) is 0 Å². The van der Waals surface area contributed by atoms with Gasteiger partial charge in [0.05, 0.1) is 12.5 Å². The third-order valence-electron chi connectivity index (χ3n) is 2.75. The van der Waals surface area contributed by atoms with Gasteiger partial charge in [0.2, 0.25) is 0 Å². The van der Waals surface area contributed by atoms with Crippen LogP contribution in [0.1, 0.15) is 51.9 Å². The summed E-state index contributed by atoms with van der Waals surface area (Å²) in [5.74, 6) is 0.755. The SMILES string of the molecule is CCCCC(N)C(=O)Cc1ncnn1C(C)C. The quantitative estimate of drug-likeness (QED) is 0.781. The molecule has 0 aliphatic heterocycles. The third-order valence-corrected chi connectivity index (χ3v) is 2.75. The Morgan fingerprint density at radius 3 is 2.82 bits per heavy atom. The lowest BCUT2D eigenvalue weighted by molar-refractivity contribution is -0.120. The van der Waals surface area contributed by atoms with Crippen LogP contribution in [-0.4, -0.2) is 26.6 Å². The third kappa shape index (κ3) is 3.93. The summed E-state index contributed by atoms with van der Waals surface area (Å²) in [4.78, 5) is 16.0. The van der Waals surface area contributed by atoms with Crippen molar-refractivity contribution in [3.63, 3.8) is 0 Å². The number of unbranched alkanes of at least 4 members (excludes halogenated alkanes) is 1. The lowest BCUT2D eigenvalue weighted by Gasteiger charge is -2.12. The lowest BCUT2D eigenvalue weighted by Crippen LogP contribution is -2.32. The Kier molecular flexibility index (Phi) is 5.28. The summed E-state index contributed by atoms with van der Waals surface area (Å²) in [6, 6.07) is -0.153. The zero-order valence-electron chi connectivity index (χ0n) is 10.9. The van der Waals surface area contributed by atoms with Crippen LogP contribution in [0.15, 0.2) is 6.33 Å². The summed E-state index contributed by atoms with van der Waals surface area (Å²) in [6.07, 6.45) is 4.57. The second-order valence-corrected chi connectivity index (χ2v) is 4.61. The highest BCUT2D eigenvalue weighted by atomic mass is 16.1. The average Bonchev–Trinajstić information content (AvgIpc) is 2.73. The molecule has 17 heavy (non-hydrogen) atoms. The zero-order valence-corrected chi connectivity index (χ0v) is 10.9. The van der Waals surface area contributed by atoms with E-state index in [1.54, 1.807) is 4.68 Å². The van der Waals surface area contributed by atoms with E-state index in [2.05, 4.69) is 17.0 Å². The topological polar surface area (TPSA) is 73.8 Å². The van der Waals surface area contributed by atoms with Gasteiger partial charge in [-0.25, -0.2) is 9.67 Å². The highest BCUT2D eigenvalue weighted by molar-refractivity contribution is 5.85. The Labute approximate surface area is 102 Å². The standard InChI is InChI=1S/C12H22N4O/c1-4-5-6-10(13)11(17)7-12-14-8-15-16(12)9(2)3/h8-10H,4-7,13H2,1-3H3. The van der Waals surface area contributed by atoms with Gasteiger partial charge in [-0.3, -0.25) is 4.79 Å². The first-order valence-electron chi connectivity index (χ1n) is 6.23. The molecule has 0 aromatic carbocycles. The van der Waals surface area contributed by atoms with Gasteiger partial charge in [-0.1, -0.05) is 19.8 Å². The van der Waals surface area contributed by atoms with Gasteiger partial charge >= 0.3 is 0 Å². The highest BCUT2D eigenvalue weighted by Gasteiger charge is 2.17. The Morgan fingerprint density at radius 1 is 1.53 bits per heavy atom. The molecule has 0 fully saturated rings. The molecule has 0 saturated carbocycles. The van der Waals surface area contributed by atoms with Gasteiger partial charge in [0.25, 0.3) is 0 Å². The maximum Gasteiger partial charge on any atom is 0.157 e. The van der Waals surface area contributed by atoms with Crippen LogP contribution in [0.5, 0.6) is 0 Å². The number of carbonyl (C=O) groups excluding carboxylic acids is 1. The van der Waals surface area contributed by atoms with Crippen molar-refractivity contribution in [1.29, 1.82) is 0 Å². The minimum Gasteiger partial charge on any atom is -0.321 e. The van der Waals surface area contributed by atoms with Crippen molar-refractivity contribution in [1.82, 2.24) is 14.8 Å². The Hall–Kier alpha value is -1.23. The van der Waals surface area contributed by atoms with Gasteiger partial charge in [-0.05, 0) is 20.3 Å². The summed E-state index contributed by atoms with van der Waals surface area (Å²) in [5.41, 5.74) is 5.84. The monoisotopic (exact) mass is 238 g/mol. The second kappa shape index (κ2) is 6.49. The maximum absolute atomic E-state index is 11.9. The van der Waals surface area contributed by atoms with Crippen LogP contribution in [0.4, 0.5) is 0 Å². The van der Waals surface area contributed by atoms with E-state index in [9.17, 15) is 4.79 Å². The van der Waals surface area contributed by atoms with Crippen molar-refractivity contribution >= 4 is 5.78 Å². The fraction of sp³-hybridized carbons (Fsp3) is 0.750. The normalized spacial score (nSPS) is 13.0. The number of carbonyl (C=O) groups is 1. The summed E-state index contributed by atoms with van der Waals surface area (Å²) >= 11 is 0. The number of nitrogens with zero attached hydrogens (tertiary/aromatic N) is 3. The molecule has 0 radical (unpaired) electrons. The number of nitrogens with two attached hydrogens (primary N) is 1. The second-order valence-electron chi connectivity index (χ2n) is 4.61. The van der Waals surface area contributed by atoms with Gasteiger partial charge in [-0.2, -0.15) is 5.10 Å². The molecule has 5 nitrogen and oxygen atoms in total. The highest BCUT2D eigenvalue weighted by Crippen LogP contribution is 2.08. The first kappa shape index (κ1) is 13.8. The van der Waals surface area contributed by atoms with E-state index in [0.717, 1.165) is 19.3 Å². The van der Waals surface area contributed by atoms with Crippen LogP contribution in [0, 0.1) is 0 Å². The maximum atomic E-state index is 11.9. The number of rotatable bonds is 7. The molecule has 1 rings (SSSR count). The first-order chi connectivity index (χ1) is 8.06. The van der Waals surface area contributed by atoms with E-state index in [-0.39, 0.29) is 24.3 Å². The molecule has 0 aliphatic carbocycles. The van der Waals surface area contributed by atoms with Crippen molar-refractivity contribution in [3.8, 4) is 0 Å². The first-order valence-corrected chi connectivity index (χ1v) is 6.23. The van der Waals surface area contributed by atoms with Gasteiger partial charge in [0.1, 0.15) is 12.2 Å². The minimum atomic E-state index is -0.368. The minimum absolute atomic E-state index is 0.0494. The predicted octanol–water partition coefficient (Wildman–Crippen LogP) is 1.49. The molecular weight excluding hydrogens is 216 g/mol. The summed E-state index contributed by atoms with van der Waals surface area (Å²) in [5, 5.41) is 4.10. The smallest absolute Gasteiger partial charge is 0.157 e. The molecule has 0 aliphatic rings. The van der Waals surface area contributed by atoms with Gasteiger partial charge in [0.15, 0.2) is 5.78 Å². The number of hydrogen-bond acceptors (Lipinski definition) is 4. The van der Waals surface area contributed by atoms with E-state index in [0.29, 0.717) is 5.82 Å². The largest absolute Gasteiger partial charge is 0.321 e. The van der Waals surface area contributed by atoms with Crippen molar-refractivity contribution in [2.75, 3.05) is 0 Å². The Bertz CT molecular complexity index is 359. The zero-order chi connectivity index (χ0) is 12.8. The molecule has 0 spiro atoms. The van der Waals surface area contributed by atoms with Crippen molar-refractivity contribution < 1.29 is 4.79 Å². The molecule has 1 aromatic rings. The van der Waals surface area contributed by atoms with Crippen molar-refractivity contribution in [3.05, 3.63) is 12.2 Å². The Balaban J connectivity index is 2.58. The van der Waals surface area contributed by atoms with Gasteiger partial charge in [-0.15, -0.1) is 0 Å². The Morgan fingerprint density at radius 2 is 2.24 bits per heavy atom. The number of aromatic nitrogens is 3. The van der Waals surface area contributed by atoms with Gasteiger partial charge in [0, 0.05) is 6.04 Å². The van der Waals surface area contributed by atoms with E-state index < -0.39 is 0 Å². The van der Waals surface area contributed by atoms with Crippen molar-refractivity contribution in [2.24, 2.45) is 5.73 Å². The molecular formula is C12H22N4O. The average molecular weight is 238 g/mol. The van der Waals surface area contributed by atoms with E-state index in [1.807, 2.05) is 13.8 Å². The fourth-order valence-electron chi connectivity index (χ4n) is 1.70. The molecule has 5 heteroatoms. The van der Waals surface area contributed by atoms with Crippen molar-refractivity contribution in [2.45, 2.75) is 58.5 Å². The number of Topliss-reactive ketones (excluding diaryl/α,β-unsaturated/α-hetero) is 1. The van der Waals surface area contributed by atoms with E-state index in [4.69, 9.17) is 5.73 Å². The van der Waals surface area contributed by atoms with Crippen LogP contribution < -0.4 is 5.73 Å². The summed E-state index contributed by atoms with van der Waals surface area (Å²) in [6.45, 7) is 6.12.